The fourth-order valence-electron chi connectivity index (χ4n) is 2.43. The average Bonchev–Trinajstić information content (AvgIpc) is 2.53. The number of carbonyl (C=O) groups excluding carboxylic acids is 1. The van der Waals surface area contributed by atoms with Gasteiger partial charge < -0.3 is 10.1 Å². The van der Waals surface area contributed by atoms with Crippen LogP contribution < -0.4 is 5.32 Å². The van der Waals surface area contributed by atoms with Gasteiger partial charge in [0.1, 0.15) is 6.10 Å². The summed E-state index contributed by atoms with van der Waals surface area (Å²) < 4.78 is 5.16. The third-order valence-electron chi connectivity index (χ3n) is 3.31. The van der Waals surface area contributed by atoms with Crippen LogP contribution in [0, 0.1) is 17.8 Å². The van der Waals surface area contributed by atoms with Gasteiger partial charge in [-0.2, -0.15) is 0 Å². The summed E-state index contributed by atoms with van der Waals surface area (Å²) in [6, 6.07) is 0. The van der Waals surface area contributed by atoms with Crippen molar-refractivity contribution < 1.29 is 9.53 Å². The second-order valence-electron chi connectivity index (χ2n) is 3.94. The second kappa shape index (κ2) is 2.64. The van der Waals surface area contributed by atoms with E-state index in [0.717, 1.165) is 30.6 Å². The zero-order chi connectivity index (χ0) is 8.72. The van der Waals surface area contributed by atoms with Crippen molar-refractivity contribution in [2.45, 2.75) is 25.9 Å². The molecular formula is C9H15NO2. The molecule has 3 nitrogen and oxygen atoms in total. The van der Waals surface area contributed by atoms with Crippen LogP contribution in [0.25, 0.3) is 0 Å². The van der Waals surface area contributed by atoms with Crippen molar-refractivity contribution in [1.29, 1.82) is 0 Å². The van der Waals surface area contributed by atoms with E-state index in [2.05, 4.69) is 12.2 Å². The van der Waals surface area contributed by atoms with E-state index in [1.165, 1.54) is 0 Å². The Morgan fingerprint density at radius 2 is 2.00 bits per heavy atom. The van der Waals surface area contributed by atoms with Gasteiger partial charge in [-0.15, -0.1) is 0 Å². The maximum absolute atomic E-state index is 10.8. The first-order valence-electron chi connectivity index (χ1n) is 4.60. The Kier molecular flexibility index (Phi) is 1.74. The summed E-state index contributed by atoms with van der Waals surface area (Å²) in [5.74, 6) is 2.58. The summed E-state index contributed by atoms with van der Waals surface area (Å²) >= 11 is 0. The number of carbonyl (C=O) groups is 1. The number of hydrogen-bond acceptors (Lipinski definition) is 2. The van der Waals surface area contributed by atoms with Gasteiger partial charge in [-0.3, -0.25) is 0 Å². The number of fused-ring (bicyclic) bond motifs is 1. The van der Waals surface area contributed by atoms with Gasteiger partial charge in [-0.05, 0) is 30.6 Å². The van der Waals surface area contributed by atoms with Crippen molar-refractivity contribution in [3.05, 3.63) is 0 Å². The average molecular weight is 169 g/mol. The summed E-state index contributed by atoms with van der Waals surface area (Å²) in [5, 5.41) is 2.47. The second-order valence-corrected chi connectivity index (χ2v) is 3.94. The van der Waals surface area contributed by atoms with Gasteiger partial charge >= 0.3 is 6.09 Å². The number of hydrogen-bond donors (Lipinski definition) is 1. The van der Waals surface area contributed by atoms with Crippen molar-refractivity contribution in [1.82, 2.24) is 5.32 Å². The van der Waals surface area contributed by atoms with Gasteiger partial charge in [-0.25, -0.2) is 4.79 Å². The van der Waals surface area contributed by atoms with E-state index in [9.17, 15) is 4.79 Å². The molecule has 2 unspecified atom stereocenters. The molecule has 2 rings (SSSR count). The molecule has 0 radical (unpaired) electrons. The third kappa shape index (κ3) is 1.17. The molecule has 2 aliphatic rings. The predicted octanol–water partition coefficient (Wildman–Crippen LogP) is 1.39. The topological polar surface area (TPSA) is 38.3 Å². The molecule has 1 amide bonds. The lowest BCUT2D eigenvalue weighted by Crippen LogP contribution is -2.25. The summed E-state index contributed by atoms with van der Waals surface area (Å²) in [7, 11) is 1.60. The Labute approximate surface area is 72.5 Å². The predicted molar refractivity (Wildman–Crippen MR) is 44.7 cm³/mol. The minimum absolute atomic E-state index is 0.191. The van der Waals surface area contributed by atoms with Gasteiger partial charge in [-0.1, -0.05) is 6.92 Å². The Morgan fingerprint density at radius 3 is 2.50 bits per heavy atom. The maximum atomic E-state index is 10.8. The van der Waals surface area contributed by atoms with E-state index in [1.807, 2.05) is 0 Å². The molecule has 0 saturated heterocycles. The monoisotopic (exact) mass is 169 g/mol. The number of amides is 1. The molecule has 0 aromatic heterocycles. The molecule has 0 spiro atoms. The first-order chi connectivity index (χ1) is 5.72. The van der Waals surface area contributed by atoms with Crippen molar-refractivity contribution in [3.8, 4) is 0 Å². The fourth-order valence-corrected chi connectivity index (χ4v) is 2.43. The van der Waals surface area contributed by atoms with Gasteiger partial charge in [0.25, 0.3) is 0 Å². The fraction of sp³-hybridized carbons (Fsp3) is 0.889. The molecule has 0 heterocycles. The highest BCUT2D eigenvalue weighted by atomic mass is 16.6. The Balaban J connectivity index is 1.76. The number of nitrogens with one attached hydrogen (secondary N) is 1. The van der Waals surface area contributed by atoms with Crippen LogP contribution in [0.3, 0.4) is 0 Å². The van der Waals surface area contributed by atoms with Crippen LogP contribution in [-0.4, -0.2) is 19.2 Å². The molecule has 1 N–H and O–H groups in total. The molecule has 12 heavy (non-hydrogen) atoms. The van der Waals surface area contributed by atoms with Gasteiger partial charge in [0, 0.05) is 7.05 Å². The molecule has 0 aliphatic heterocycles. The SMILES string of the molecule is CNC(=O)OC1C[C@@H]2C(C)[C@@H]2C1. The Hall–Kier alpha value is -0.730. The minimum atomic E-state index is -0.283. The number of ether oxygens (including phenoxy) is 1. The van der Waals surface area contributed by atoms with Gasteiger partial charge in [0.15, 0.2) is 0 Å². The van der Waals surface area contributed by atoms with Crippen LogP contribution >= 0.6 is 0 Å². The van der Waals surface area contributed by atoms with E-state index in [-0.39, 0.29) is 12.2 Å². The van der Waals surface area contributed by atoms with E-state index in [1.54, 1.807) is 7.05 Å². The summed E-state index contributed by atoms with van der Waals surface area (Å²) in [4.78, 5) is 10.8. The van der Waals surface area contributed by atoms with Crippen LogP contribution in [0.1, 0.15) is 19.8 Å². The normalized spacial score (nSPS) is 43.5. The molecule has 3 heteroatoms. The van der Waals surface area contributed by atoms with Crippen molar-refractivity contribution in [3.63, 3.8) is 0 Å². The molecule has 0 aromatic rings. The lowest BCUT2D eigenvalue weighted by atomic mass is 10.1. The van der Waals surface area contributed by atoms with Crippen LogP contribution in [-0.2, 0) is 4.74 Å². The highest BCUT2D eigenvalue weighted by molar-refractivity contribution is 5.66. The zero-order valence-electron chi connectivity index (χ0n) is 7.54. The van der Waals surface area contributed by atoms with Gasteiger partial charge in [0.05, 0.1) is 0 Å². The lowest BCUT2D eigenvalue weighted by Gasteiger charge is -2.13. The number of alkyl carbamates (subject to hydrolysis) is 1. The molecule has 0 aromatic carbocycles. The number of rotatable bonds is 1. The zero-order valence-corrected chi connectivity index (χ0v) is 7.54. The highest BCUT2D eigenvalue weighted by Crippen LogP contribution is 2.57. The Morgan fingerprint density at radius 1 is 1.42 bits per heavy atom. The molecule has 2 saturated carbocycles. The third-order valence-corrected chi connectivity index (χ3v) is 3.31. The van der Waals surface area contributed by atoms with Gasteiger partial charge in [0.2, 0.25) is 0 Å². The van der Waals surface area contributed by atoms with Crippen LogP contribution in [0.15, 0.2) is 0 Å². The quantitative estimate of drug-likeness (QED) is 0.644. The molecule has 2 fully saturated rings. The smallest absolute Gasteiger partial charge is 0.407 e. The van der Waals surface area contributed by atoms with Crippen molar-refractivity contribution in [2.24, 2.45) is 17.8 Å². The summed E-state index contributed by atoms with van der Waals surface area (Å²) in [5.41, 5.74) is 0. The van der Waals surface area contributed by atoms with Crippen LogP contribution in [0.4, 0.5) is 4.79 Å². The van der Waals surface area contributed by atoms with Crippen molar-refractivity contribution in [2.75, 3.05) is 7.05 Å². The van der Waals surface area contributed by atoms with E-state index in [4.69, 9.17) is 4.74 Å². The van der Waals surface area contributed by atoms with E-state index < -0.39 is 0 Å². The minimum Gasteiger partial charge on any atom is -0.446 e. The van der Waals surface area contributed by atoms with E-state index in [0.29, 0.717) is 0 Å². The molecule has 68 valence electrons. The highest BCUT2D eigenvalue weighted by Gasteiger charge is 2.54. The first-order valence-corrected chi connectivity index (χ1v) is 4.60. The van der Waals surface area contributed by atoms with Crippen LogP contribution in [0.2, 0.25) is 0 Å². The molecular weight excluding hydrogens is 154 g/mol. The largest absolute Gasteiger partial charge is 0.446 e. The standard InChI is InChI=1S/C9H15NO2/c1-5-7-3-6(4-8(5)7)12-9(11)10-2/h5-8H,3-4H2,1-2H3,(H,10,11)/t5?,6?,7-,8+. The van der Waals surface area contributed by atoms with Crippen molar-refractivity contribution >= 4 is 6.09 Å². The lowest BCUT2D eigenvalue weighted by molar-refractivity contribution is 0.0934. The van der Waals surface area contributed by atoms with Crippen LogP contribution in [0.5, 0.6) is 0 Å². The summed E-state index contributed by atoms with van der Waals surface area (Å²) in [6.07, 6.45) is 2.07. The Bertz CT molecular complexity index is 193. The molecule has 4 atom stereocenters. The maximum Gasteiger partial charge on any atom is 0.407 e. The molecule has 2 aliphatic carbocycles. The van der Waals surface area contributed by atoms with E-state index >= 15 is 0 Å². The molecule has 0 bridgehead atoms. The first kappa shape index (κ1) is 7.90. The summed E-state index contributed by atoms with van der Waals surface area (Å²) in [6.45, 7) is 2.28.